The van der Waals surface area contributed by atoms with Gasteiger partial charge in [0, 0.05) is 49.6 Å². The van der Waals surface area contributed by atoms with E-state index in [9.17, 15) is 5.26 Å². The molecule has 0 saturated carbocycles. The lowest BCUT2D eigenvalue weighted by Gasteiger charge is -2.14. The van der Waals surface area contributed by atoms with E-state index in [1.807, 2.05) is 24.3 Å². The number of para-hydroxylation sites is 5. The Morgan fingerprint density at radius 2 is 0.774 bits per heavy atom. The third-order valence-corrected chi connectivity index (χ3v) is 10.5. The van der Waals surface area contributed by atoms with E-state index in [0.717, 1.165) is 66.5 Å². The van der Waals surface area contributed by atoms with Crippen molar-refractivity contribution in [2.75, 3.05) is 0 Å². The molecule has 246 valence electrons. The first-order chi connectivity index (χ1) is 26.2. The second kappa shape index (κ2) is 11.3. The van der Waals surface area contributed by atoms with Gasteiger partial charge < -0.3 is 4.57 Å². The molecular formula is C47H28N6. The summed E-state index contributed by atoms with van der Waals surface area (Å²) in [5.74, 6) is 2.10. The van der Waals surface area contributed by atoms with Gasteiger partial charge in [-0.3, -0.25) is 9.13 Å². The van der Waals surface area contributed by atoms with Gasteiger partial charge in [-0.25, -0.2) is 9.97 Å². The van der Waals surface area contributed by atoms with Crippen LogP contribution in [0.15, 0.2) is 170 Å². The van der Waals surface area contributed by atoms with E-state index in [0.29, 0.717) is 11.4 Å². The summed E-state index contributed by atoms with van der Waals surface area (Å²) < 4.78 is 6.86. The Balaban J connectivity index is 1.20. The SMILES string of the molecule is N#Cc1ccc(-c2nc(-n3c4ccccc4c4ccccc43)cc(-n3c4ccccc4c4cc(-n5c6ccccc6c6ccccc65)ccc43)n2)cc1. The molecule has 11 rings (SSSR count). The van der Waals surface area contributed by atoms with E-state index in [1.54, 1.807) is 0 Å². The lowest BCUT2D eigenvalue weighted by molar-refractivity contribution is 0.994. The normalized spacial score (nSPS) is 11.8. The van der Waals surface area contributed by atoms with Crippen molar-refractivity contribution < 1.29 is 0 Å². The summed E-state index contributed by atoms with van der Waals surface area (Å²) in [6.07, 6.45) is 0. The predicted molar refractivity (Wildman–Crippen MR) is 215 cm³/mol. The zero-order valence-electron chi connectivity index (χ0n) is 28.3. The molecule has 0 aliphatic carbocycles. The van der Waals surface area contributed by atoms with Gasteiger partial charge in [-0.1, -0.05) is 91.0 Å². The van der Waals surface area contributed by atoms with Crippen molar-refractivity contribution in [2.45, 2.75) is 0 Å². The maximum absolute atomic E-state index is 9.53. The summed E-state index contributed by atoms with van der Waals surface area (Å²) in [5, 5.41) is 16.6. The Hall–Kier alpha value is -7.49. The van der Waals surface area contributed by atoms with Crippen LogP contribution in [0, 0.1) is 11.3 Å². The maximum Gasteiger partial charge on any atom is 0.163 e. The second-order valence-corrected chi connectivity index (χ2v) is 13.4. The Morgan fingerprint density at radius 3 is 1.23 bits per heavy atom. The number of benzene rings is 7. The quantitative estimate of drug-likeness (QED) is 0.186. The molecule has 11 aromatic rings. The van der Waals surface area contributed by atoms with Gasteiger partial charge in [-0.05, 0) is 72.8 Å². The number of fused-ring (bicyclic) bond motifs is 9. The van der Waals surface area contributed by atoms with Crippen LogP contribution in [0.1, 0.15) is 5.56 Å². The third kappa shape index (κ3) is 4.32. The molecule has 0 saturated heterocycles. The minimum absolute atomic E-state index is 0.580. The van der Waals surface area contributed by atoms with Crippen molar-refractivity contribution in [1.29, 1.82) is 5.26 Å². The van der Waals surface area contributed by atoms with Crippen LogP contribution in [0.25, 0.3) is 94.1 Å². The first-order valence-electron chi connectivity index (χ1n) is 17.7. The van der Waals surface area contributed by atoms with Crippen LogP contribution in [0.5, 0.6) is 0 Å². The van der Waals surface area contributed by atoms with Crippen molar-refractivity contribution in [3.63, 3.8) is 0 Å². The fourth-order valence-corrected chi connectivity index (χ4v) is 8.19. The zero-order valence-corrected chi connectivity index (χ0v) is 28.3. The smallest absolute Gasteiger partial charge is 0.163 e. The molecule has 0 aliphatic rings. The molecule has 0 amide bonds. The zero-order chi connectivity index (χ0) is 35.0. The predicted octanol–water partition coefficient (Wildman–Crippen LogP) is 11.3. The Kier molecular flexibility index (Phi) is 6.22. The molecular weight excluding hydrogens is 649 g/mol. The molecule has 4 heterocycles. The summed E-state index contributed by atoms with van der Waals surface area (Å²) >= 11 is 0. The highest BCUT2D eigenvalue weighted by Gasteiger charge is 2.20. The molecule has 0 unspecified atom stereocenters. The lowest BCUT2D eigenvalue weighted by atomic mass is 10.1. The van der Waals surface area contributed by atoms with Crippen LogP contribution < -0.4 is 0 Å². The third-order valence-electron chi connectivity index (χ3n) is 10.5. The van der Waals surface area contributed by atoms with Crippen LogP contribution in [0.2, 0.25) is 0 Å². The molecule has 0 bridgehead atoms. The van der Waals surface area contributed by atoms with Crippen molar-refractivity contribution in [3.05, 3.63) is 175 Å². The molecule has 53 heavy (non-hydrogen) atoms. The number of aromatic nitrogens is 5. The van der Waals surface area contributed by atoms with E-state index in [4.69, 9.17) is 9.97 Å². The van der Waals surface area contributed by atoms with Crippen LogP contribution in [0.4, 0.5) is 0 Å². The molecule has 4 aromatic heterocycles. The average molecular weight is 677 g/mol. The first kappa shape index (κ1) is 29.3. The average Bonchev–Trinajstić information content (AvgIpc) is 3.86. The van der Waals surface area contributed by atoms with E-state index in [2.05, 4.69) is 165 Å². The van der Waals surface area contributed by atoms with E-state index in [-0.39, 0.29) is 0 Å². The van der Waals surface area contributed by atoms with Crippen LogP contribution in [0.3, 0.4) is 0 Å². The van der Waals surface area contributed by atoms with Gasteiger partial charge in [0.1, 0.15) is 11.6 Å². The lowest BCUT2D eigenvalue weighted by Crippen LogP contribution is -2.06. The summed E-state index contributed by atoms with van der Waals surface area (Å²) in [7, 11) is 0. The Morgan fingerprint density at radius 1 is 0.377 bits per heavy atom. The molecule has 6 nitrogen and oxygen atoms in total. The number of hydrogen-bond acceptors (Lipinski definition) is 3. The molecule has 7 aromatic carbocycles. The van der Waals surface area contributed by atoms with Gasteiger partial charge in [-0.15, -0.1) is 0 Å². The molecule has 6 heteroatoms. The Labute approximate surface area is 303 Å². The Bertz CT molecular complexity index is 3190. The highest BCUT2D eigenvalue weighted by Crippen LogP contribution is 2.38. The minimum atomic E-state index is 0.580. The topological polar surface area (TPSA) is 64.4 Å². The molecule has 0 N–H and O–H groups in total. The van der Waals surface area contributed by atoms with Crippen LogP contribution >= 0.6 is 0 Å². The van der Waals surface area contributed by atoms with Gasteiger partial charge in [-0.2, -0.15) is 5.26 Å². The van der Waals surface area contributed by atoms with Crippen molar-refractivity contribution >= 4 is 65.4 Å². The van der Waals surface area contributed by atoms with Gasteiger partial charge in [0.05, 0.1) is 44.7 Å². The summed E-state index contributed by atoms with van der Waals surface area (Å²) in [4.78, 5) is 10.5. The first-order valence-corrected chi connectivity index (χ1v) is 17.7. The number of nitrogens with zero attached hydrogens (tertiary/aromatic N) is 6. The molecule has 0 fully saturated rings. The van der Waals surface area contributed by atoms with Crippen molar-refractivity contribution in [1.82, 2.24) is 23.7 Å². The number of nitriles is 1. The molecule has 0 atom stereocenters. The highest BCUT2D eigenvalue weighted by atomic mass is 15.1. The van der Waals surface area contributed by atoms with E-state index < -0.39 is 0 Å². The van der Waals surface area contributed by atoms with Gasteiger partial charge in [0.2, 0.25) is 0 Å². The van der Waals surface area contributed by atoms with Gasteiger partial charge >= 0.3 is 0 Å². The monoisotopic (exact) mass is 676 g/mol. The fourth-order valence-electron chi connectivity index (χ4n) is 8.19. The molecule has 0 aliphatic heterocycles. The number of hydrogen-bond donors (Lipinski definition) is 0. The van der Waals surface area contributed by atoms with Crippen LogP contribution in [-0.4, -0.2) is 23.7 Å². The largest absolute Gasteiger partial charge is 0.309 e. The van der Waals surface area contributed by atoms with Crippen LogP contribution in [-0.2, 0) is 0 Å². The molecule has 0 spiro atoms. The van der Waals surface area contributed by atoms with Crippen molar-refractivity contribution in [3.8, 4) is 34.8 Å². The minimum Gasteiger partial charge on any atom is -0.309 e. The fraction of sp³-hybridized carbons (Fsp3) is 0. The van der Waals surface area contributed by atoms with Crippen molar-refractivity contribution in [2.24, 2.45) is 0 Å². The molecule has 0 radical (unpaired) electrons. The summed E-state index contributed by atoms with van der Waals surface area (Å²) in [6.45, 7) is 0. The standard InChI is InChI=1S/C47H28N6/c48-29-30-21-23-31(24-22-30)47-49-45(52-41-18-8-3-13-35(41)36-14-4-9-19-42(36)52)28-46(50-47)53-43-20-10-5-15-37(43)38-27-32(25-26-44(38)53)51-39-16-6-1-11-33(39)34-12-2-7-17-40(34)51/h1-28H. The summed E-state index contributed by atoms with van der Waals surface area (Å²) in [5.41, 5.74) is 9.13. The van der Waals surface area contributed by atoms with E-state index >= 15 is 0 Å². The highest BCUT2D eigenvalue weighted by molar-refractivity contribution is 6.12. The maximum atomic E-state index is 9.53. The van der Waals surface area contributed by atoms with Gasteiger partial charge in [0.15, 0.2) is 5.82 Å². The second-order valence-electron chi connectivity index (χ2n) is 13.4. The number of rotatable bonds is 4. The van der Waals surface area contributed by atoms with E-state index in [1.165, 1.54) is 21.8 Å². The van der Waals surface area contributed by atoms with Gasteiger partial charge in [0.25, 0.3) is 0 Å². The summed E-state index contributed by atoms with van der Waals surface area (Å²) in [6, 6.07) is 61.3.